The Balaban J connectivity index is 1.38. The summed E-state index contributed by atoms with van der Waals surface area (Å²) in [6.07, 6.45) is 1.92. The standard InChI is InChI=1S/C23H32N4O3/c1-24-23(25-13-7-15-30-20-9-6-8-19(16-20)28-2)26-18-12-14-27(17-18)21-10-4-5-11-22(21)29-3/h4-6,8-11,16,18H,7,12-15,17H2,1-3H3,(H2,24,25,26). The molecular formula is C23H32N4O3. The van der Waals surface area contributed by atoms with E-state index in [1.807, 2.05) is 42.5 Å². The Morgan fingerprint density at radius 2 is 1.93 bits per heavy atom. The van der Waals surface area contributed by atoms with Crippen molar-refractivity contribution in [3.63, 3.8) is 0 Å². The zero-order valence-electron chi connectivity index (χ0n) is 18.1. The Kier molecular flexibility index (Phi) is 8.06. The zero-order valence-corrected chi connectivity index (χ0v) is 18.1. The van der Waals surface area contributed by atoms with Gasteiger partial charge in [0.15, 0.2) is 5.96 Å². The van der Waals surface area contributed by atoms with Gasteiger partial charge in [-0.25, -0.2) is 0 Å². The van der Waals surface area contributed by atoms with Gasteiger partial charge in [-0.3, -0.25) is 4.99 Å². The van der Waals surface area contributed by atoms with Crippen LogP contribution in [-0.2, 0) is 0 Å². The maximum atomic E-state index is 5.78. The highest BCUT2D eigenvalue weighted by Crippen LogP contribution is 2.30. The maximum Gasteiger partial charge on any atom is 0.191 e. The molecule has 1 aliphatic heterocycles. The number of methoxy groups -OCH3 is 2. The van der Waals surface area contributed by atoms with Gasteiger partial charge in [-0.1, -0.05) is 18.2 Å². The van der Waals surface area contributed by atoms with Gasteiger partial charge < -0.3 is 29.7 Å². The lowest BCUT2D eigenvalue weighted by molar-refractivity contribution is 0.308. The minimum atomic E-state index is 0.342. The third-order valence-corrected chi connectivity index (χ3v) is 5.10. The van der Waals surface area contributed by atoms with Gasteiger partial charge in [0, 0.05) is 38.8 Å². The molecule has 162 valence electrons. The fourth-order valence-corrected chi connectivity index (χ4v) is 3.54. The first-order valence-corrected chi connectivity index (χ1v) is 10.4. The third kappa shape index (κ3) is 5.95. The van der Waals surface area contributed by atoms with Crippen LogP contribution in [0.3, 0.4) is 0 Å². The lowest BCUT2D eigenvalue weighted by Crippen LogP contribution is -2.45. The Hall–Kier alpha value is -3.09. The molecule has 1 fully saturated rings. The predicted octanol–water partition coefficient (Wildman–Crippen LogP) is 2.92. The van der Waals surface area contributed by atoms with E-state index in [1.54, 1.807) is 21.3 Å². The van der Waals surface area contributed by atoms with Gasteiger partial charge in [-0.05, 0) is 37.1 Å². The van der Waals surface area contributed by atoms with Gasteiger partial charge in [0.1, 0.15) is 17.2 Å². The van der Waals surface area contributed by atoms with E-state index in [2.05, 4.69) is 26.6 Å². The number of anilines is 1. The number of ether oxygens (including phenoxy) is 3. The number of benzene rings is 2. The molecule has 0 aromatic heterocycles. The number of nitrogens with one attached hydrogen (secondary N) is 2. The number of para-hydroxylation sites is 2. The Bertz CT molecular complexity index is 828. The van der Waals surface area contributed by atoms with E-state index in [0.717, 1.165) is 61.4 Å². The summed E-state index contributed by atoms with van der Waals surface area (Å²) in [4.78, 5) is 6.71. The number of hydrogen-bond acceptors (Lipinski definition) is 5. The molecule has 2 aromatic carbocycles. The molecule has 0 spiro atoms. The van der Waals surface area contributed by atoms with E-state index in [1.165, 1.54) is 0 Å². The molecular weight excluding hydrogens is 380 g/mol. The van der Waals surface area contributed by atoms with Gasteiger partial charge in [0.25, 0.3) is 0 Å². The van der Waals surface area contributed by atoms with Crippen LogP contribution >= 0.6 is 0 Å². The van der Waals surface area contributed by atoms with Crippen LogP contribution in [0.2, 0.25) is 0 Å². The molecule has 30 heavy (non-hydrogen) atoms. The van der Waals surface area contributed by atoms with Crippen LogP contribution in [0.5, 0.6) is 17.2 Å². The lowest BCUT2D eigenvalue weighted by atomic mass is 10.2. The van der Waals surface area contributed by atoms with Crippen LogP contribution in [0.15, 0.2) is 53.5 Å². The zero-order chi connectivity index (χ0) is 21.2. The highest BCUT2D eigenvalue weighted by molar-refractivity contribution is 5.80. The molecule has 7 heteroatoms. The van der Waals surface area contributed by atoms with Gasteiger partial charge in [-0.2, -0.15) is 0 Å². The van der Waals surface area contributed by atoms with Crippen molar-refractivity contribution < 1.29 is 14.2 Å². The first-order chi connectivity index (χ1) is 14.7. The summed E-state index contributed by atoms with van der Waals surface area (Å²) in [6.45, 7) is 3.32. The third-order valence-electron chi connectivity index (χ3n) is 5.10. The fraction of sp³-hybridized carbons (Fsp3) is 0.435. The van der Waals surface area contributed by atoms with Crippen molar-refractivity contribution >= 4 is 11.6 Å². The van der Waals surface area contributed by atoms with Crippen molar-refractivity contribution in [2.24, 2.45) is 4.99 Å². The van der Waals surface area contributed by atoms with E-state index in [0.29, 0.717) is 12.6 Å². The molecule has 0 saturated carbocycles. The van der Waals surface area contributed by atoms with Crippen molar-refractivity contribution in [2.45, 2.75) is 18.9 Å². The number of nitrogens with zero attached hydrogens (tertiary/aromatic N) is 2. The molecule has 0 bridgehead atoms. The normalized spacial score (nSPS) is 16.3. The number of guanidine groups is 1. The van der Waals surface area contributed by atoms with Gasteiger partial charge in [0.05, 0.1) is 26.5 Å². The molecule has 1 saturated heterocycles. The Labute approximate surface area is 179 Å². The van der Waals surface area contributed by atoms with Crippen molar-refractivity contribution in [3.8, 4) is 17.2 Å². The second-order valence-electron chi connectivity index (χ2n) is 7.13. The SMILES string of the molecule is CN=C(NCCCOc1cccc(OC)c1)NC1CCN(c2ccccc2OC)C1. The largest absolute Gasteiger partial charge is 0.497 e. The van der Waals surface area contributed by atoms with Crippen LogP contribution < -0.4 is 29.7 Å². The molecule has 1 atom stereocenters. The second kappa shape index (κ2) is 11.2. The van der Waals surface area contributed by atoms with Crippen LogP contribution in [-0.4, -0.2) is 59.5 Å². The van der Waals surface area contributed by atoms with E-state index < -0.39 is 0 Å². The van der Waals surface area contributed by atoms with Crippen molar-refractivity contribution in [1.29, 1.82) is 0 Å². The van der Waals surface area contributed by atoms with E-state index in [9.17, 15) is 0 Å². The molecule has 7 nitrogen and oxygen atoms in total. The molecule has 1 heterocycles. The average Bonchev–Trinajstić information content (AvgIpc) is 3.26. The summed E-state index contributed by atoms with van der Waals surface area (Å²) in [5, 5.41) is 6.90. The minimum absolute atomic E-state index is 0.342. The summed E-state index contributed by atoms with van der Waals surface area (Å²) in [7, 11) is 5.17. The van der Waals surface area contributed by atoms with Crippen molar-refractivity contribution in [3.05, 3.63) is 48.5 Å². The van der Waals surface area contributed by atoms with Gasteiger partial charge in [-0.15, -0.1) is 0 Å². The van der Waals surface area contributed by atoms with Crippen molar-refractivity contribution in [1.82, 2.24) is 10.6 Å². The predicted molar refractivity (Wildman–Crippen MR) is 121 cm³/mol. The summed E-state index contributed by atoms with van der Waals surface area (Å²) in [6, 6.07) is 16.2. The van der Waals surface area contributed by atoms with Crippen LogP contribution in [0.4, 0.5) is 5.69 Å². The number of hydrogen-bond donors (Lipinski definition) is 2. The lowest BCUT2D eigenvalue weighted by Gasteiger charge is -2.22. The quantitative estimate of drug-likeness (QED) is 0.375. The molecule has 0 amide bonds. The highest BCUT2D eigenvalue weighted by Gasteiger charge is 2.25. The van der Waals surface area contributed by atoms with E-state index >= 15 is 0 Å². The summed E-state index contributed by atoms with van der Waals surface area (Å²) < 4.78 is 16.5. The summed E-state index contributed by atoms with van der Waals surface area (Å²) in [5.74, 6) is 3.35. The minimum Gasteiger partial charge on any atom is -0.497 e. The monoisotopic (exact) mass is 412 g/mol. The first-order valence-electron chi connectivity index (χ1n) is 10.4. The molecule has 1 unspecified atom stereocenters. The molecule has 2 N–H and O–H groups in total. The fourth-order valence-electron chi connectivity index (χ4n) is 3.54. The Morgan fingerprint density at radius 3 is 2.73 bits per heavy atom. The summed E-state index contributed by atoms with van der Waals surface area (Å²) >= 11 is 0. The van der Waals surface area contributed by atoms with Crippen LogP contribution in [0, 0.1) is 0 Å². The van der Waals surface area contributed by atoms with E-state index in [4.69, 9.17) is 14.2 Å². The maximum absolute atomic E-state index is 5.78. The topological polar surface area (TPSA) is 67.4 Å². The molecule has 3 rings (SSSR count). The van der Waals surface area contributed by atoms with Crippen LogP contribution in [0.1, 0.15) is 12.8 Å². The number of rotatable bonds is 9. The first kappa shape index (κ1) is 21.6. The molecule has 2 aromatic rings. The Morgan fingerprint density at radius 1 is 1.10 bits per heavy atom. The van der Waals surface area contributed by atoms with Crippen LogP contribution in [0.25, 0.3) is 0 Å². The van der Waals surface area contributed by atoms with E-state index in [-0.39, 0.29) is 0 Å². The molecule has 0 radical (unpaired) electrons. The smallest absolute Gasteiger partial charge is 0.191 e. The highest BCUT2D eigenvalue weighted by atomic mass is 16.5. The van der Waals surface area contributed by atoms with Gasteiger partial charge in [0.2, 0.25) is 0 Å². The number of aliphatic imine (C=N–C) groups is 1. The van der Waals surface area contributed by atoms with Gasteiger partial charge >= 0.3 is 0 Å². The molecule has 0 aliphatic carbocycles. The summed E-state index contributed by atoms with van der Waals surface area (Å²) in [5.41, 5.74) is 1.14. The average molecular weight is 413 g/mol. The molecule has 1 aliphatic rings. The van der Waals surface area contributed by atoms with Crippen molar-refractivity contribution in [2.75, 3.05) is 52.4 Å². The second-order valence-corrected chi connectivity index (χ2v) is 7.13.